The Morgan fingerprint density at radius 3 is 2.93 bits per heavy atom. The van der Waals surface area contributed by atoms with Gasteiger partial charge in [-0.2, -0.15) is 0 Å². The largest absolute Gasteiger partial charge is 0.384 e. The van der Waals surface area contributed by atoms with Crippen LogP contribution in [0.5, 0.6) is 0 Å². The molecule has 2 aromatic rings. The van der Waals surface area contributed by atoms with Gasteiger partial charge in [-0.15, -0.1) is 0 Å². The molecule has 0 aliphatic rings. The van der Waals surface area contributed by atoms with E-state index in [1.807, 2.05) is 6.20 Å². The maximum absolute atomic E-state index is 5.58. The van der Waals surface area contributed by atoms with Crippen LogP contribution in [0.4, 0.5) is 5.82 Å². The first-order valence-corrected chi connectivity index (χ1v) is 4.86. The van der Waals surface area contributed by atoms with E-state index in [0.29, 0.717) is 12.2 Å². The third-order valence-electron chi connectivity index (χ3n) is 2.23. The summed E-state index contributed by atoms with van der Waals surface area (Å²) < 4.78 is 2.08. The molecule has 2 N–H and O–H groups in total. The minimum Gasteiger partial charge on any atom is -0.384 e. The molecule has 0 aromatic carbocycles. The SMILES string of the molecule is CCn1ccnc1Cc1cc(N)ncn1. The topological polar surface area (TPSA) is 69.6 Å². The third-order valence-corrected chi connectivity index (χ3v) is 2.23. The maximum atomic E-state index is 5.58. The van der Waals surface area contributed by atoms with Crippen molar-refractivity contribution in [1.82, 2.24) is 19.5 Å². The van der Waals surface area contributed by atoms with E-state index in [0.717, 1.165) is 18.1 Å². The zero-order valence-electron chi connectivity index (χ0n) is 8.59. The summed E-state index contributed by atoms with van der Waals surface area (Å²) >= 11 is 0. The molecule has 2 aromatic heterocycles. The van der Waals surface area contributed by atoms with Crippen molar-refractivity contribution in [2.45, 2.75) is 19.9 Å². The highest BCUT2D eigenvalue weighted by atomic mass is 15.1. The lowest BCUT2D eigenvalue weighted by Crippen LogP contribution is -2.04. The van der Waals surface area contributed by atoms with Crippen molar-refractivity contribution in [3.8, 4) is 0 Å². The van der Waals surface area contributed by atoms with Gasteiger partial charge < -0.3 is 10.3 Å². The zero-order chi connectivity index (χ0) is 10.7. The second-order valence-corrected chi connectivity index (χ2v) is 3.24. The van der Waals surface area contributed by atoms with E-state index in [1.54, 1.807) is 12.3 Å². The van der Waals surface area contributed by atoms with Crippen molar-refractivity contribution in [3.63, 3.8) is 0 Å². The molecule has 0 amide bonds. The lowest BCUT2D eigenvalue weighted by molar-refractivity contribution is 0.708. The van der Waals surface area contributed by atoms with Crippen molar-refractivity contribution in [2.75, 3.05) is 5.73 Å². The van der Waals surface area contributed by atoms with E-state index in [2.05, 4.69) is 26.4 Å². The Hall–Kier alpha value is -1.91. The van der Waals surface area contributed by atoms with Crippen LogP contribution in [0.25, 0.3) is 0 Å². The van der Waals surface area contributed by atoms with Gasteiger partial charge in [-0.3, -0.25) is 0 Å². The standard InChI is InChI=1S/C10H13N5/c1-2-15-4-3-12-10(15)6-8-5-9(11)14-7-13-8/h3-5,7H,2,6H2,1H3,(H2,11,13,14). The molecular weight excluding hydrogens is 190 g/mol. The number of imidazole rings is 1. The smallest absolute Gasteiger partial charge is 0.127 e. The molecule has 2 heterocycles. The Balaban J connectivity index is 2.22. The van der Waals surface area contributed by atoms with Gasteiger partial charge in [0.1, 0.15) is 18.0 Å². The number of aromatic nitrogens is 4. The summed E-state index contributed by atoms with van der Waals surface area (Å²) in [5.74, 6) is 1.49. The van der Waals surface area contributed by atoms with Gasteiger partial charge in [-0.1, -0.05) is 0 Å². The van der Waals surface area contributed by atoms with Gasteiger partial charge in [0.2, 0.25) is 0 Å². The Morgan fingerprint density at radius 1 is 1.33 bits per heavy atom. The lowest BCUT2D eigenvalue weighted by Gasteiger charge is -2.04. The second-order valence-electron chi connectivity index (χ2n) is 3.24. The van der Waals surface area contributed by atoms with Gasteiger partial charge in [-0.05, 0) is 6.92 Å². The fourth-order valence-electron chi connectivity index (χ4n) is 1.47. The average Bonchev–Trinajstić information content (AvgIpc) is 2.65. The van der Waals surface area contributed by atoms with Crippen LogP contribution in [0.1, 0.15) is 18.4 Å². The molecule has 0 atom stereocenters. The molecule has 78 valence electrons. The van der Waals surface area contributed by atoms with Crippen molar-refractivity contribution in [3.05, 3.63) is 36.3 Å². The fraction of sp³-hybridized carbons (Fsp3) is 0.300. The number of hydrogen-bond acceptors (Lipinski definition) is 4. The molecule has 0 aliphatic carbocycles. The van der Waals surface area contributed by atoms with Crippen LogP contribution >= 0.6 is 0 Å². The van der Waals surface area contributed by atoms with Crippen LogP contribution in [0, 0.1) is 0 Å². The molecule has 15 heavy (non-hydrogen) atoms. The monoisotopic (exact) mass is 203 g/mol. The number of hydrogen-bond donors (Lipinski definition) is 1. The Labute approximate surface area is 88.0 Å². The van der Waals surface area contributed by atoms with E-state index in [4.69, 9.17) is 5.73 Å². The van der Waals surface area contributed by atoms with Gasteiger partial charge in [0.25, 0.3) is 0 Å². The number of nitrogens with zero attached hydrogens (tertiary/aromatic N) is 4. The minimum absolute atomic E-state index is 0.495. The summed E-state index contributed by atoms with van der Waals surface area (Å²) in [7, 11) is 0. The van der Waals surface area contributed by atoms with E-state index >= 15 is 0 Å². The fourth-order valence-corrected chi connectivity index (χ4v) is 1.47. The molecule has 0 radical (unpaired) electrons. The van der Waals surface area contributed by atoms with Crippen molar-refractivity contribution < 1.29 is 0 Å². The van der Waals surface area contributed by atoms with Crippen molar-refractivity contribution in [2.24, 2.45) is 0 Å². The summed E-state index contributed by atoms with van der Waals surface area (Å²) in [4.78, 5) is 12.3. The van der Waals surface area contributed by atoms with E-state index < -0.39 is 0 Å². The molecule has 0 aliphatic heterocycles. The highest BCUT2D eigenvalue weighted by Crippen LogP contribution is 2.06. The van der Waals surface area contributed by atoms with E-state index in [9.17, 15) is 0 Å². The molecule has 0 fully saturated rings. The molecular formula is C10H13N5. The second kappa shape index (κ2) is 4.08. The summed E-state index contributed by atoms with van der Waals surface area (Å²) in [6.07, 6.45) is 5.92. The Morgan fingerprint density at radius 2 is 2.20 bits per heavy atom. The van der Waals surface area contributed by atoms with E-state index in [1.165, 1.54) is 6.33 Å². The zero-order valence-corrected chi connectivity index (χ0v) is 8.59. The summed E-state index contributed by atoms with van der Waals surface area (Å²) in [6, 6.07) is 1.77. The van der Waals surface area contributed by atoms with E-state index in [-0.39, 0.29) is 0 Å². The predicted octanol–water partition coefficient (Wildman–Crippen LogP) is 0.866. The lowest BCUT2D eigenvalue weighted by atomic mass is 10.3. The quantitative estimate of drug-likeness (QED) is 0.803. The minimum atomic E-state index is 0.495. The first kappa shape index (κ1) is 9.64. The predicted molar refractivity (Wildman–Crippen MR) is 57.2 cm³/mol. The van der Waals surface area contributed by atoms with Crippen LogP contribution in [0.15, 0.2) is 24.8 Å². The van der Waals surface area contributed by atoms with Crippen LogP contribution in [-0.2, 0) is 13.0 Å². The van der Waals surface area contributed by atoms with Gasteiger partial charge in [0.05, 0.1) is 5.69 Å². The van der Waals surface area contributed by atoms with Gasteiger partial charge in [-0.25, -0.2) is 15.0 Å². The molecule has 0 bridgehead atoms. The van der Waals surface area contributed by atoms with Gasteiger partial charge >= 0.3 is 0 Å². The summed E-state index contributed by atoms with van der Waals surface area (Å²) in [5.41, 5.74) is 6.47. The van der Waals surface area contributed by atoms with Gasteiger partial charge in [0.15, 0.2) is 0 Å². The highest BCUT2D eigenvalue weighted by Gasteiger charge is 2.04. The van der Waals surface area contributed by atoms with Crippen LogP contribution < -0.4 is 5.73 Å². The van der Waals surface area contributed by atoms with Crippen LogP contribution in [0.3, 0.4) is 0 Å². The number of anilines is 1. The van der Waals surface area contributed by atoms with Crippen LogP contribution in [-0.4, -0.2) is 19.5 Å². The molecule has 5 nitrogen and oxygen atoms in total. The third kappa shape index (κ3) is 2.12. The molecule has 0 saturated heterocycles. The van der Waals surface area contributed by atoms with Crippen molar-refractivity contribution in [1.29, 1.82) is 0 Å². The molecule has 0 unspecified atom stereocenters. The normalized spacial score (nSPS) is 10.5. The first-order chi connectivity index (χ1) is 7.29. The summed E-state index contributed by atoms with van der Waals surface area (Å²) in [5, 5.41) is 0. The summed E-state index contributed by atoms with van der Waals surface area (Å²) in [6.45, 7) is 3.00. The molecule has 0 spiro atoms. The average molecular weight is 203 g/mol. The highest BCUT2D eigenvalue weighted by molar-refractivity contribution is 5.29. The number of nitrogens with two attached hydrogens (primary N) is 1. The number of rotatable bonds is 3. The molecule has 2 rings (SSSR count). The Kier molecular flexibility index (Phi) is 2.62. The van der Waals surface area contributed by atoms with Gasteiger partial charge in [0, 0.05) is 31.4 Å². The molecule has 0 saturated carbocycles. The van der Waals surface area contributed by atoms with Crippen LogP contribution in [0.2, 0.25) is 0 Å². The number of aryl methyl sites for hydroxylation is 1. The maximum Gasteiger partial charge on any atom is 0.127 e. The van der Waals surface area contributed by atoms with Crippen molar-refractivity contribution >= 4 is 5.82 Å². The molecule has 5 heteroatoms. The Bertz CT molecular complexity index is 449. The number of nitrogen functional groups attached to an aromatic ring is 1. The first-order valence-electron chi connectivity index (χ1n) is 4.86.